The van der Waals surface area contributed by atoms with E-state index in [1.807, 2.05) is 19.1 Å². The number of halogens is 1. The van der Waals surface area contributed by atoms with Crippen LogP contribution in [0.15, 0.2) is 46.2 Å². The minimum atomic E-state index is -3.75. The second-order valence-corrected chi connectivity index (χ2v) is 11.5. The van der Waals surface area contributed by atoms with Crippen molar-refractivity contribution < 1.29 is 16.8 Å². The Balaban J connectivity index is 1.91. The molecule has 0 radical (unpaired) electrons. The largest absolute Gasteiger partial charge is 0.243 e. The Labute approximate surface area is 165 Å². The van der Waals surface area contributed by atoms with Crippen molar-refractivity contribution in [1.29, 1.82) is 0 Å². The van der Waals surface area contributed by atoms with Crippen LogP contribution >= 0.6 is 11.6 Å². The van der Waals surface area contributed by atoms with Crippen LogP contribution in [0.4, 0.5) is 0 Å². The maximum absolute atomic E-state index is 13.2. The number of sulfone groups is 1. The normalized spacial score (nSPS) is 18.7. The summed E-state index contributed by atoms with van der Waals surface area (Å²) in [4.78, 5) is 0.441. The molecule has 1 aliphatic heterocycles. The van der Waals surface area contributed by atoms with Crippen molar-refractivity contribution in [2.24, 2.45) is 0 Å². The van der Waals surface area contributed by atoms with Crippen LogP contribution in [0, 0.1) is 20.8 Å². The highest BCUT2D eigenvalue weighted by Crippen LogP contribution is 2.31. The quantitative estimate of drug-likeness (QED) is 0.748. The molecule has 0 saturated carbocycles. The van der Waals surface area contributed by atoms with Gasteiger partial charge in [-0.05, 0) is 62.6 Å². The summed E-state index contributed by atoms with van der Waals surface area (Å²) in [6.45, 7) is 5.60. The summed E-state index contributed by atoms with van der Waals surface area (Å²) in [5.41, 5.74) is 2.35. The molecule has 1 saturated heterocycles. The molecular weight excluding hydrogens is 406 g/mol. The van der Waals surface area contributed by atoms with Gasteiger partial charge in [0.15, 0.2) is 9.84 Å². The van der Waals surface area contributed by atoms with Crippen LogP contribution < -0.4 is 0 Å². The number of sulfonamides is 1. The van der Waals surface area contributed by atoms with Crippen molar-refractivity contribution >= 4 is 31.5 Å². The molecule has 8 heteroatoms. The van der Waals surface area contributed by atoms with Crippen LogP contribution in [0.1, 0.15) is 23.1 Å². The van der Waals surface area contributed by atoms with E-state index in [1.54, 1.807) is 13.8 Å². The van der Waals surface area contributed by atoms with Crippen molar-refractivity contribution in [3.8, 4) is 0 Å². The lowest BCUT2D eigenvalue weighted by Gasteiger charge is -2.20. The molecule has 1 aliphatic rings. The van der Waals surface area contributed by atoms with E-state index in [0.29, 0.717) is 16.1 Å². The van der Waals surface area contributed by atoms with E-state index in [4.69, 9.17) is 11.6 Å². The summed E-state index contributed by atoms with van der Waals surface area (Å²) >= 11 is 5.83. The van der Waals surface area contributed by atoms with Gasteiger partial charge < -0.3 is 0 Å². The maximum Gasteiger partial charge on any atom is 0.243 e. The molecule has 1 unspecified atom stereocenters. The number of nitrogens with zero attached hydrogens (tertiary/aromatic N) is 1. The maximum atomic E-state index is 13.2. The first-order valence-corrected chi connectivity index (χ1v) is 12.0. The smallest absolute Gasteiger partial charge is 0.223 e. The van der Waals surface area contributed by atoms with Gasteiger partial charge >= 0.3 is 0 Å². The second kappa shape index (κ2) is 7.20. The van der Waals surface area contributed by atoms with Crippen LogP contribution in [-0.2, 0) is 19.9 Å². The Morgan fingerprint density at radius 2 is 1.52 bits per heavy atom. The number of hydrogen-bond acceptors (Lipinski definition) is 4. The molecule has 0 aliphatic carbocycles. The number of hydrogen-bond donors (Lipinski definition) is 0. The van der Waals surface area contributed by atoms with E-state index in [2.05, 4.69) is 0 Å². The predicted octanol–water partition coefficient (Wildman–Crippen LogP) is 3.50. The van der Waals surface area contributed by atoms with Crippen molar-refractivity contribution in [3.05, 3.63) is 58.1 Å². The highest BCUT2D eigenvalue weighted by molar-refractivity contribution is 7.92. The second-order valence-electron chi connectivity index (χ2n) is 7.00. The van der Waals surface area contributed by atoms with Gasteiger partial charge in [-0.3, -0.25) is 0 Å². The average Bonchev–Trinajstić information content (AvgIpc) is 3.05. The Hall–Kier alpha value is -1.41. The van der Waals surface area contributed by atoms with Crippen LogP contribution in [-0.4, -0.2) is 39.5 Å². The molecule has 1 fully saturated rings. The highest BCUT2D eigenvalue weighted by Gasteiger charge is 2.40. The van der Waals surface area contributed by atoms with Crippen molar-refractivity contribution in [1.82, 2.24) is 4.31 Å². The molecule has 0 aromatic heterocycles. The van der Waals surface area contributed by atoms with E-state index >= 15 is 0 Å². The first kappa shape index (κ1) is 20.3. The third-order valence-electron chi connectivity index (χ3n) is 4.89. The molecule has 1 atom stereocenters. The zero-order valence-electron chi connectivity index (χ0n) is 15.4. The fourth-order valence-electron chi connectivity index (χ4n) is 3.69. The number of benzene rings is 2. The van der Waals surface area contributed by atoms with Gasteiger partial charge in [-0.1, -0.05) is 29.3 Å². The minimum absolute atomic E-state index is 0.0416. The summed E-state index contributed by atoms with van der Waals surface area (Å²) in [7, 11) is -7.37. The van der Waals surface area contributed by atoms with Crippen molar-refractivity contribution in [2.45, 2.75) is 42.2 Å². The summed E-state index contributed by atoms with van der Waals surface area (Å²) < 4.78 is 53.3. The van der Waals surface area contributed by atoms with Gasteiger partial charge in [0.25, 0.3) is 0 Å². The Kier molecular flexibility index (Phi) is 5.42. The standard InChI is InChI=1S/C19H22ClNO4S2/c1-13-10-14(2)19(15(3)11-13)27(24,25)21-9-8-18(12-21)26(22,23)17-6-4-16(20)5-7-17/h4-7,10-11,18H,8-9,12H2,1-3H3. The van der Waals surface area contributed by atoms with E-state index in [0.717, 1.165) is 5.56 Å². The lowest BCUT2D eigenvalue weighted by Crippen LogP contribution is -2.32. The lowest BCUT2D eigenvalue weighted by molar-refractivity contribution is 0.475. The Morgan fingerprint density at radius 1 is 0.963 bits per heavy atom. The topological polar surface area (TPSA) is 71.5 Å². The van der Waals surface area contributed by atoms with Crippen molar-refractivity contribution in [3.63, 3.8) is 0 Å². The molecule has 2 aromatic carbocycles. The first-order valence-electron chi connectivity index (χ1n) is 8.61. The third kappa shape index (κ3) is 3.78. The SMILES string of the molecule is Cc1cc(C)c(S(=O)(=O)N2CCC(S(=O)(=O)c3ccc(Cl)cc3)C2)c(C)c1. The molecule has 3 rings (SSSR count). The lowest BCUT2D eigenvalue weighted by atomic mass is 10.1. The molecule has 0 amide bonds. The number of aryl methyl sites for hydroxylation is 3. The van der Waals surface area contributed by atoms with Crippen LogP contribution in [0.5, 0.6) is 0 Å². The van der Waals surface area contributed by atoms with Gasteiger partial charge in [0.05, 0.1) is 15.0 Å². The van der Waals surface area contributed by atoms with Gasteiger partial charge in [-0.25, -0.2) is 16.8 Å². The van der Waals surface area contributed by atoms with Gasteiger partial charge in [-0.2, -0.15) is 4.31 Å². The summed E-state index contributed by atoms with van der Waals surface area (Å²) in [5, 5.41) is -0.311. The zero-order chi connectivity index (χ0) is 20.0. The van der Waals surface area contributed by atoms with Gasteiger partial charge in [0.1, 0.15) is 0 Å². The van der Waals surface area contributed by atoms with Gasteiger partial charge in [0, 0.05) is 18.1 Å². The highest BCUT2D eigenvalue weighted by atomic mass is 35.5. The summed E-state index contributed by atoms with van der Waals surface area (Å²) in [6.07, 6.45) is 0.272. The molecule has 0 spiro atoms. The fraction of sp³-hybridized carbons (Fsp3) is 0.368. The van der Waals surface area contributed by atoms with E-state index in [-0.39, 0.29) is 29.3 Å². The molecule has 1 heterocycles. The van der Waals surface area contributed by atoms with E-state index < -0.39 is 25.1 Å². The van der Waals surface area contributed by atoms with Crippen LogP contribution in [0.3, 0.4) is 0 Å². The minimum Gasteiger partial charge on any atom is -0.223 e. The first-order chi connectivity index (χ1) is 12.5. The van der Waals surface area contributed by atoms with Crippen LogP contribution in [0.25, 0.3) is 0 Å². The van der Waals surface area contributed by atoms with Gasteiger partial charge in [0.2, 0.25) is 10.0 Å². The monoisotopic (exact) mass is 427 g/mol. The summed E-state index contributed by atoms with van der Waals surface area (Å²) in [6, 6.07) is 9.63. The summed E-state index contributed by atoms with van der Waals surface area (Å²) in [5.74, 6) is 0. The predicted molar refractivity (Wildman–Crippen MR) is 106 cm³/mol. The number of rotatable bonds is 4. The molecular formula is C19H22ClNO4S2. The third-order valence-corrected chi connectivity index (χ3v) is 9.51. The fourth-order valence-corrected chi connectivity index (χ4v) is 7.51. The Bertz CT molecular complexity index is 1050. The Morgan fingerprint density at radius 3 is 2.07 bits per heavy atom. The molecule has 27 heavy (non-hydrogen) atoms. The van der Waals surface area contributed by atoms with E-state index in [1.165, 1.54) is 28.6 Å². The zero-order valence-corrected chi connectivity index (χ0v) is 17.8. The molecule has 0 N–H and O–H groups in total. The molecule has 2 aromatic rings. The molecule has 5 nitrogen and oxygen atoms in total. The molecule has 0 bridgehead atoms. The van der Waals surface area contributed by atoms with Crippen LogP contribution in [0.2, 0.25) is 5.02 Å². The molecule has 146 valence electrons. The van der Waals surface area contributed by atoms with Gasteiger partial charge in [-0.15, -0.1) is 0 Å². The van der Waals surface area contributed by atoms with E-state index in [9.17, 15) is 16.8 Å². The van der Waals surface area contributed by atoms with Crippen molar-refractivity contribution in [2.75, 3.05) is 13.1 Å². The average molecular weight is 428 g/mol.